The van der Waals surface area contributed by atoms with Gasteiger partial charge in [-0.1, -0.05) is 31.2 Å². The molecule has 4 heteroatoms. The van der Waals surface area contributed by atoms with Crippen molar-refractivity contribution < 1.29 is 0 Å². The minimum absolute atomic E-state index is 0.385. The van der Waals surface area contributed by atoms with Crippen LogP contribution in [-0.2, 0) is 19.4 Å². The Labute approximate surface area is 121 Å². The molecule has 0 bridgehead atoms. The highest BCUT2D eigenvalue weighted by Crippen LogP contribution is 2.12. The van der Waals surface area contributed by atoms with Crippen LogP contribution in [0.15, 0.2) is 30.6 Å². The van der Waals surface area contributed by atoms with Gasteiger partial charge in [-0.2, -0.15) is 5.10 Å². The largest absolute Gasteiger partial charge is 0.316 e. The topological polar surface area (TPSA) is 42.7 Å². The van der Waals surface area contributed by atoms with Gasteiger partial charge in [-0.3, -0.25) is 4.68 Å². The summed E-state index contributed by atoms with van der Waals surface area (Å²) < 4.78 is 2.02. The first-order valence-corrected chi connectivity index (χ1v) is 7.33. The second kappa shape index (κ2) is 7.20. The molecule has 1 unspecified atom stereocenters. The third-order valence-corrected chi connectivity index (χ3v) is 3.70. The van der Waals surface area contributed by atoms with Gasteiger partial charge < -0.3 is 5.32 Å². The van der Waals surface area contributed by atoms with E-state index >= 15 is 0 Å². The molecule has 0 aliphatic carbocycles. The van der Waals surface area contributed by atoms with E-state index < -0.39 is 0 Å². The fourth-order valence-electron chi connectivity index (χ4n) is 2.45. The minimum atomic E-state index is 0.385. The van der Waals surface area contributed by atoms with Crippen LogP contribution in [0.5, 0.6) is 0 Å². The lowest BCUT2D eigenvalue weighted by Crippen LogP contribution is -2.31. The van der Waals surface area contributed by atoms with Gasteiger partial charge in [0.15, 0.2) is 0 Å². The van der Waals surface area contributed by atoms with Gasteiger partial charge in [0.2, 0.25) is 0 Å². The summed E-state index contributed by atoms with van der Waals surface area (Å²) in [6.45, 7) is 5.27. The molecule has 0 saturated heterocycles. The van der Waals surface area contributed by atoms with Crippen molar-refractivity contribution in [1.82, 2.24) is 20.1 Å². The second-order valence-electron chi connectivity index (χ2n) is 5.22. The summed E-state index contributed by atoms with van der Waals surface area (Å²) in [6.07, 6.45) is 4.66. The Kier molecular flexibility index (Phi) is 5.30. The quantitative estimate of drug-likeness (QED) is 0.841. The van der Waals surface area contributed by atoms with Gasteiger partial charge in [0, 0.05) is 19.0 Å². The smallest absolute Gasteiger partial charge is 0.138 e. The summed E-state index contributed by atoms with van der Waals surface area (Å²) in [5, 5.41) is 7.70. The minimum Gasteiger partial charge on any atom is -0.316 e. The van der Waals surface area contributed by atoms with E-state index in [1.807, 2.05) is 11.7 Å². The number of nitrogens with one attached hydrogen (secondary N) is 1. The molecule has 1 N–H and O–H groups in total. The van der Waals surface area contributed by atoms with Gasteiger partial charge in [-0.05, 0) is 37.9 Å². The van der Waals surface area contributed by atoms with Crippen molar-refractivity contribution in [3.8, 4) is 0 Å². The number of rotatable bonds is 7. The molecule has 0 aliphatic rings. The van der Waals surface area contributed by atoms with E-state index in [4.69, 9.17) is 0 Å². The van der Waals surface area contributed by atoms with E-state index in [2.05, 4.69) is 53.5 Å². The summed E-state index contributed by atoms with van der Waals surface area (Å²) in [6, 6.07) is 8.95. The molecule has 0 aliphatic heterocycles. The van der Waals surface area contributed by atoms with Crippen molar-refractivity contribution in [2.24, 2.45) is 0 Å². The normalized spacial score (nSPS) is 12.6. The first kappa shape index (κ1) is 14.7. The van der Waals surface area contributed by atoms with Crippen LogP contribution in [-0.4, -0.2) is 27.9 Å². The number of benzene rings is 1. The number of hydrogen-bond acceptors (Lipinski definition) is 3. The summed E-state index contributed by atoms with van der Waals surface area (Å²) >= 11 is 0. The summed E-state index contributed by atoms with van der Waals surface area (Å²) in [5.41, 5.74) is 2.75. The number of aryl methyl sites for hydroxylation is 2. The third kappa shape index (κ3) is 3.67. The van der Waals surface area contributed by atoms with Gasteiger partial charge in [0.25, 0.3) is 0 Å². The third-order valence-electron chi connectivity index (χ3n) is 3.70. The molecule has 2 aromatic rings. The van der Waals surface area contributed by atoms with Gasteiger partial charge in [-0.25, -0.2) is 4.98 Å². The van der Waals surface area contributed by atoms with Crippen LogP contribution in [0.25, 0.3) is 0 Å². The van der Waals surface area contributed by atoms with E-state index in [9.17, 15) is 0 Å². The second-order valence-corrected chi connectivity index (χ2v) is 5.22. The predicted octanol–water partition coefficient (Wildman–Crippen LogP) is 2.37. The van der Waals surface area contributed by atoms with Crippen LogP contribution in [0, 0.1) is 6.92 Å². The van der Waals surface area contributed by atoms with Crippen molar-refractivity contribution in [3.05, 3.63) is 47.5 Å². The van der Waals surface area contributed by atoms with Gasteiger partial charge in [0.05, 0.1) is 0 Å². The van der Waals surface area contributed by atoms with Crippen molar-refractivity contribution in [2.45, 2.75) is 45.7 Å². The zero-order valence-corrected chi connectivity index (χ0v) is 12.6. The molecule has 0 spiro atoms. The average Bonchev–Trinajstić information content (AvgIpc) is 2.88. The van der Waals surface area contributed by atoms with Crippen LogP contribution in [0.3, 0.4) is 0 Å². The molecular formula is C16H24N4. The molecule has 1 aromatic carbocycles. The number of nitrogens with zero attached hydrogens (tertiary/aromatic N) is 3. The molecule has 0 radical (unpaired) electrons. The number of aromatic nitrogens is 3. The van der Waals surface area contributed by atoms with Crippen molar-refractivity contribution in [3.63, 3.8) is 0 Å². The van der Waals surface area contributed by atoms with Gasteiger partial charge in [-0.15, -0.1) is 0 Å². The molecule has 1 aromatic heterocycles. The Bertz CT molecular complexity index is 533. The van der Waals surface area contributed by atoms with Crippen LogP contribution >= 0.6 is 0 Å². The SMILES string of the molecule is CCCn1ncnc1CC(Cc1ccccc1C)NC. The Hall–Kier alpha value is -1.68. The highest BCUT2D eigenvalue weighted by atomic mass is 15.3. The zero-order chi connectivity index (χ0) is 14.4. The molecule has 1 atom stereocenters. The van der Waals surface area contributed by atoms with E-state index in [1.165, 1.54) is 11.1 Å². The Balaban J connectivity index is 2.05. The predicted molar refractivity (Wildman–Crippen MR) is 81.7 cm³/mol. The molecule has 1 heterocycles. The summed E-state index contributed by atoms with van der Waals surface area (Å²) in [4.78, 5) is 4.40. The molecule has 2 rings (SSSR count). The number of hydrogen-bond donors (Lipinski definition) is 1. The van der Waals surface area contributed by atoms with Crippen molar-refractivity contribution in [1.29, 1.82) is 0 Å². The van der Waals surface area contributed by atoms with Gasteiger partial charge >= 0.3 is 0 Å². The number of likely N-dealkylation sites (N-methyl/N-ethyl adjacent to an activating group) is 1. The van der Waals surface area contributed by atoms with E-state index in [-0.39, 0.29) is 0 Å². The Morgan fingerprint density at radius 1 is 1.25 bits per heavy atom. The molecule has 4 nitrogen and oxygen atoms in total. The van der Waals surface area contributed by atoms with Crippen LogP contribution in [0.4, 0.5) is 0 Å². The first-order chi connectivity index (χ1) is 9.74. The standard InChI is InChI=1S/C16H24N4/c1-4-9-20-16(18-12-19-20)11-15(17-3)10-14-8-6-5-7-13(14)2/h5-8,12,15,17H,4,9-11H2,1-3H3. The van der Waals surface area contributed by atoms with E-state index in [0.717, 1.165) is 31.6 Å². The van der Waals surface area contributed by atoms with Crippen LogP contribution in [0.1, 0.15) is 30.3 Å². The molecule has 0 amide bonds. The van der Waals surface area contributed by atoms with Crippen LogP contribution in [0.2, 0.25) is 0 Å². The zero-order valence-electron chi connectivity index (χ0n) is 12.6. The maximum absolute atomic E-state index is 4.40. The lowest BCUT2D eigenvalue weighted by molar-refractivity contribution is 0.501. The maximum atomic E-state index is 4.40. The molecule has 0 saturated carbocycles. The Morgan fingerprint density at radius 2 is 2.05 bits per heavy atom. The first-order valence-electron chi connectivity index (χ1n) is 7.33. The van der Waals surface area contributed by atoms with E-state index in [1.54, 1.807) is 6.33 Å². The molecule has 0 fully saturated rings. The molecular weight excluding hydrogens is 248 g/mol. The molecule has 20 heavy (non-hydrogen) atoms. The maximum Gasteiger partial charge on any atom is 0.138 e. The van der Waals surface area contributed by atoms with Gasteiger partial charge in [0.1, 0.15) is 12.2 Å². The highest BCUT2D eigenvalue weighted by molar-refractivity contribution is 5.26. The monoisotopic (exact) mass is 272 g/mol. The fraction of sp³-hybridized carbons (Fsp3) is 0.500. The highest BCUT2D eigenvalue weighted by Gasteiger charge is 2.13. The average molecular weight is 272 g/mol. The van der Waals surface area contributed by atoms with Crippen LogP contribution < -0.4 is 5.32 Å². The molecule has 108 valence electrons. The summed E-state index contributed by atoms with van der Waals surface area (Å²) in [5.74, 6) is 1.07. The van der Waals surface area contributed by atoms with E-state index in [0.29, 0.717) is 6.04 Å². The summed E-state index contributed by atoms with van der Waals surface area (Å²) in [7, 11) is 2.02. The fourth-order valence-corrected chi connectivity index (χ4v) is 2.45. The van der Waals surface area contributed by atoms with Crippen molar-refractivity contribution in [2.75, 3.05) is 7.05 Å². The Morgan fingerprint density at radius 3 is 2.75 bits per heavy atom. The lowest BCUT2D eigenvalue weighted by atomic mass is 9.99. The lowest BCUT2D eigenvalue weighted by Gasteiger charge is -2.17. The van der Waals surface area contributed by atoms with Crippen molar-refractivity contribution >= 4 is 0 Å².